The Labute approximate surface area is 160 Å². The highest BCUT2D eigenvalue weighted by atomic mass is 16.5. The molecule has 27 heavy (non-hydrogen) atoms. The van der Waals surface area contributed by atoms with Gasteiger partial charge in [-0.1, -0.05) is 30.3 Å². The van der Waals surface area contributed by atoms with Crippen molar-refractivity contribution in [3.8, 4) is 0 Å². The number of nitrogens with one attached hydrogen (secondary N) is 1. The summed E-state index contributed by atoms with van der Waals surface area (Å²) in [7, 11) is 3.18. The van der Waals surface area contributed by atoms with Crippen LogP contribution in [0.5, 0.6) is 0 Å². The summed E-state index contributed by atoms with van der Waals surface area (Å²) in [6.07, 6.45) is 1.10. The van der Waals surface area contributed by atoms with Crippen LogP contribution in [0.2, 0.25) is 0 Å². The topological polar surface area (TPSA) is 99.2 Å². The van der Waals surface area contributed by atoms with Gasteiger partial charge in [0.25, 0.3) is 5.91 Å². The maximum Gasteiger partial charge on any atom is 0.324 e. The summed E-state index contributed by atoms with van der Waals surface area (Å²) in [6.45, 7) is 3.12. The van der Waals surface area contributed by atoms with Crippen LogP contribution in [0, 0.1) is 0 Å². The van der Waals surface area contributed by atoms with Gasteiger partial charge in [-0.05, 0) is 32.3 Å². The molecule has 0 saturated carbocycles. The third-order valence-electron chi connectivity index (χ3n) is 3.98. The van der Waals surface area contributed by atoms with Gasteiger partial charge in [0.1, 0.15) is 12.6 Å². The van der Waals surface area contributed by atoms with Gasteiger partial charge in [0.15, 0.2) is 0 Å². The van der Waals surface area contributed by atoms with E-state index in [2.05, 4.69) is 5.32 Å². The predicted octanol–water partition coefficient (Wildman–Crippen LogP) is 0.919. The molecule has 150 valence electrons. The van der Waals surface area contributed by atoms with Gasteiger partial charge < -0.3 is 9.84 Å². The fourth-order valence-corrected chi connectivity index (χ4v) is 2.61. The fraction of sp³-hybridized carbons (Fsp3) is 0.526. The zero-order valence-electron chi connectivity index (χ0n) is 16.3. The number of carbonyl (C=O) groups is 3. The molecule has 0 aliphatic heterocycles. The number of nitrogens with zero attached hydrogens (tertiary/aromatic N) is 2. The van der Waals surface area contributed by atoms with E-state index in [1.54, 1.807) is 27.9 Å². The lowest BCUT2D eigenvalue weighted by atomic mass is 10.0. The number of hydrogen-bond acceptors (Lipinski definition) is 6. The molecule has 2 N–H and O–H groups in total. The normalized spacial score (nSPS) is 13.1. The highest BCUT2D eigenvalue weighted by Gasteiger charge is 2.29. The average Bonchev–Trinajstić information content (AvgIpc) is 2.63. The summed E-state index contributed by atoms with van der Waals surface area (Å²) in [6, 6.07) is 8.29. The minimum atomic E-state index is -1.12. The van der Waals surface area contributed by atoms with E-state index >= 15 is 0 Å². The fourth-order valence-electron chi connectivity index (χ4n) is 2.61. The Morgan fingerprint density at radius 3 is 2.33 bits per heavy atom. The summed E-state index contributed by atoms with van der Waals surface area (Å²) >= 11 is 0. The maximum atomic E-state index is 12.6. The van der Waals surface area contributed by atoms with Crippen molar-refractivity contribution in [1.82, 2.24) is 15.3 Å². The van der Waals surface area contributed by atoms with E-state index in [1.807, 2.05) is 30.3 Å². The van der Waals surface area contributed by atoms with Crippen molar-refractivity contribution in [2.24, 2.45) is 0 Å². The number of rotatable bonds is 11. The lowest BCUT2D eigenvalue weighted by Gasteiger charge is -2.31. The quantitative estimate of drug-likeness (QED) is 0.436. The van der Waals surface area contributed by atoms with Crippen LogP contribution in [0.25, 0.3) is 0 Å². The smallest absolute Gasteiger partial charge is 0.324 e. The molecule has 0 heterocycles. The Kier molecular flexibility index (Phi) is 9.46. The molecule has 0 radical (unpaired) electrons. The van der Waals surface area contributed by atoms with Crippen LogP contribution < -0.4 is 5.32 Å². The first-order valence-corrected chi connectivity index (χ1v) is 8.93. The van der Waals surface area contributed by atoms with E-state index in [0.717, 1.165) is 10.6 Å². The second kappa shape index (κ2) is 11.3. The molecular formula is C19H29N3O5. The minimum absolute atomic E-state index is 0.244. The van der Waals surface area contributed by atoms with Crippen LogP contribution in [0.1, 0.15) is 25.8 Å². The van der Waals surface area contributed by atoms with Gasteiger partial charge >= 0.3 is 11.9 Å². The maximum absolute atomic E-state index is 12.6. The largest absolute Gasteiger partial charge is 0.480 e. The number of carbonyl (C=O) groups excluding carboxylic acids is 2. The second-order valence-corrected chi connectivity index (χ2v) is 6.35. The van der Waals surface area contributed by atoms with Crippen molar-refractivity contribution < 1.29 is 24.2 Å². The highest BCUT2D eigenvalue weighted by Crippen LogP contribution is 2.08. The third-order valence-corrected chi connectivity index (χ3v) is 3.98. The molecule has 1 aromatic carbocycles. The summed E-state index contributed by atoms with van der Waals surface area (Å²) in [5.41, 5.74) is 1.08. The van der Waals surface area contributed by atoms with Crippen molar-refractivity contribution in [1.29, 1.82) is 0 Å². The Morgan fingerprint density at radius 2 is 1.81 bits per heavy atom. The Balaban J connectivity index is 2.81. The van der Waals surface area contributed by atoms with Crippen molar-refractivity contribution in [2.75, 3.05) is 27.2 Å². The summed E-state index contributed by atoms with van der Waals surface area (Å²) in [5.74, 6) is -1.98. The molecule has 0 fully saturated rings. The Morgan fingerprint density at radius 1 is 1.19 bits per heavy atom. The van der Waals surface area contributed by atoms with Gasteiger partial charge in [-0.25, -0.2) is 5.01 Å². The number of benzene rings is 1. The average molecular weight is 379 g/mol. The van der Waals surface area contributed by atoms with E-state index in [0.29, 0.717) is 12.8 Å². The SMILES string of the molecule is CCOC(=O)[C@H](CCc1ccccc1)N[C@@H](C)C(=O)N(CC(=O)O)N(C)C. The summed E-state index contributed by atoms with van der Waals surface area (Å²) < 4.78 is 5.11. The monoisotopic (exact) mass is 379 g/mol. The molecule has 0 unspecified atom stereocenters. The third kappa shape index (κ3) is 7.76. The number of hydrazine groups is 1. The Hall–Kier alpha value is -2.45. The van der Waals surface area contributed by atoms with Gasteiger partial charge in [-0.15, -0.1) is 0 Å². The molecule has 0 aliphatic rings. The standard InChI is InChI=1S/C19H29N3O5/c1-5-27-19(26)16(12-11-15-9-7-6-8-10-15)20-14(2)18(25)22(21(3)4)13-17(23)24/h6-10,14,16,20H,5,11-13H2,1-4H3,(H,23,24)/t14-,16-/m0/s1. The van der Waals surface area contributed by atoms with Gasteiger partial charge in [0.05, 0.1) is 12.6 Å². The van der Waals surface area contributed by atoms with Gasteiger partial charge in [-0.2, -0.15) is 0 Å². The summed E-state index contributed by atoms with van der Waals surface area (Å²) in [5, 5.41) is 14.5. The first kappa shape index (κ1) is 22.6. The van der Waals surface area contributed by atoms with Crippen molar-refractivity contribution in [2.45, 2.75) is 38.8 Å². The number of aliphatic carboxylic acids is 1. The first-order chi connectivity index (χ1) is 12.8. The van der Waals surface area contributed by atoms with E-state index in [9.17, 15) is 14.4 Å². The number of ether oxygens (including phenoxy) is 1. The lowest BCUT2D eigenvalue weighted by molar-refractivity contribution is -0.157. The number of carboxylic acid groups (broad SMARTS) is 1. The lowest BCUT2D eigenvalue weighted by Crippen LogP contribution is -2.55. The van der Waals surface area contributed by atoms with E-state index in [4.69, 9.17) is 9.84 Å². The van der Waals surface area contributed by atoms with Crippen molar-refractivity contribution in [3.63, 3.8) is 0 Å². The molecular weight excluding hydrogens is 350 g/mol. The van der Waals surface area contributed by atoms with Gasteiger partial charge in [0.2, 0.25) is 0 Å². The van der Waals surface area contributed by atoms with Crippen LogP contribution in [0.15, 0.2) is 30.3 Å². The van der Waals surface area contributed by atoms with E-state index < -0.39 is 36.5 Å². The van der Waals surface area contributed by atoms with E-state index in [-0.39, 0.29) is 6.61 Å². The second-order valence-electron chi connectivity index (χ2n) is 6.35. The van der Waals surface area contributed by atoms with Crippen LogP contribution in [-0.4, -0.2) is 72.3 Å². The molecule has 0 spiro atoms. The van der Waals surface area contributed by atoms with Crippen molar-refractivity contribution in [3.05, 3.63) is 35.9 Å². The van der Waals surface area contributed by atoms with Gasteiger partial charge in [0, 0.05) is 14.1 Å². The molecule has 8 nitrogen and oxygen atoms in total. The van der Waals surface area contributed by atoms with Crippen LogP contribution in [0.3, 0.4) is 0 Å². The zero-order chi connectivity index (χ0) is 20.4. The van der Waals surface area contributed by atoms with Crippen LogP contribution >= 0.6 is 0 Å². The highest BCUT2D eigenvalue weighted by molar-refractivity contribution is 5.85. The first-order valence-electron chi connectivity index (χ1n) is 8.93. The Bertz CT molecular complexity index is 621. The molecule has 0 aliphatic carbocycles. The number of carboxylic acids is 1. The van der Waals surface area contributed by atoms with Gasteiger partial charge in [-0.3, -0.25) is 24.7 Å². The number of aryl methyl sites for hydroxylation is 1. The number of hydrogen-bond donors (Lipinski definition) is 2. The zero-order valence-corrected chi connectivity index (χ0v) is 16.3. The van der Waals surface area contributed by atoms with Crippen LogP contribution in [0.4, 0.5) is 0 Å². The predicted molar refractivity (Wildman–Crippen MR) is 101 cm³/mol. The summed E-state index contributed by atoms with van der Waals surface area (Å²) in [4.78, 5) is 35.9. The molecule has 1 rings (SSSR count). The van der Waals surface area contributed by atoms with Crippen molar-refractivity contribution >= 4 is 17.8 Å². The molecule has 0 saturated heterocycles. The number of amides is 1. The van der Waals surface area contributed by atoms with Crippen LogP contribution in [-0.2, 0) is 25.5 Å². The molecule has 1 aromatic rings. The molecule has 0 aromatic heterocycles. The molecule has 1 amide bonds. The molecule has 8 heteroatoms. The number of esters is 1. The molecule has 0 bridgehead atoms. The minimum Gasteiger partial charge on any atom is -0.480 e. The molecule has 2 atom stereocenters. The van der Waals surface area contributed by atoms with E-state index in [1.165, 1.54) is 5.01 Å².